The second kappa shape index (κ2) is 9.60. The molecule has 184 valence electrons. The number of halogens is 2. The van der Waals surface area contributed by atoms with E-state index in [-0.39, 0.29) is 24.8 Å². The summed E-state index contributed by atoms with van der Waals surface area (Å²) in [5.74, 6) is 0.577. The molecule has 0 nitrogen and oxygen atoms in total. The van der Waals surface area contributed by atoms with Gasteiger partial charge in [-0.1, -0.05) is 0 Å². The molecule has 5 rings (SSSR count). The first-order chi connectivity index (χ1) is 15.5. The van der Waals surface area contributed by atoms with Gasteiger partial charge in [-0.05, 0) is 0 Å². The molecule has 35 heavy (non-hydrogen) atoms. The molecule has 0 saturated heterocycles. The van der Waals surface area contributed by atoms with Crippen LogP contribution in [0.4, 0.5) is 0 Å². The van der Waals surface area contributed by atoms with Crippen molar-refractivity contribution in [2.24, 2.45) is 5.92 Å². The van der Waals surface area contributed by atoms with Crippen LogP contribution in [-0.4, -0.2) is 6.88 Å². The second-order valence-corrected chi connectivity index (χ2v) is 40.9. The fourth-order valence-electron chi connectivity index (χ4n) is 7.33. The summed E-state index contributed by atoms with van der Waals surface area (Å²) in [6, 6.07) is 25.0. The molecule has 0 saturated carbocycles. The zero-order chi connectivity index (χ0) is 23.7. The summed E-state index contributed by atoms with van der Waals surface area (Å²) in [6.45, 7) is 14.4. The Labute approximate surface area is 226 Å². The quantitative estimate of drug-likeness (QED) is 0.263. The number of hydrogen-bond acceptors (Lipinski definition) is 0. The van der Waals surface area contributed by atoms with Crippen molar-refractivity contribution in [3.05, 3.63) is 109 Å². The van der Waals surface area contributed by atoms with Crippen LogP contribution >= 0.6 is 24.8 Å². The molecule has 2 aliphatic carbocycles. The Morgan fingerprint density at radius 2 is 1.31 bits per heavy atom. The van der Waals surface area contributed by atoms with Gasteiger partial charge in [0, 0.05) is 0 Å². The standard InChI is InChI=1S/C20H15.C9H13.2CH3.2ClH.H2Si.Zr/c1-14-12-17-8-4-5-9-19(17)20(14)18-11-10-15-6-2-3-7-16(15)13-18;1-6-5-7(2)9(4)8(6)3;;;;;;/h2-13H,1H3;6H,1-4H3;2*1H3;2*1H;1H2;. The van der Waals surface area contributed by atoms with Crippen LogP contribution < -0.4 is 0 Å². The van der Waals surface area contributed by atoms with E-state index < -0.39 is 17.4 Å². The topological polar surface area (TPSA) is 0 Å². The molecular weight excluding hydrogens is 563 g/mol. The van der Waals surface area contributed by atoms with Crippen molar-refractivity contribution in [3.8, 4) is 0 Å². The van der Waals surface area contributed by atoms with Gasteiger partial charge in [0.05, 0.1) is 0 Å². The van der Waals surface area contributed by atoms with E-state index >= 15 is 0 Å². The molecular formula is C31H38Cl2SiZr. The van der Waals surface area contributed by atoms with Crippen LogP contribution in [0.5, 0.6) is 0 Å². The normalized spacial score (nSPS) is 20.2. The minimum absolute atomic E-state index is 0. The zero-order valence-electron chi connectivity index (χ0n) is 22.0. The van der Waals surface area contributed by atoms with Crippen molar-refractivity contribution in [1.82, 2.24) is 0 Å². The summed E-state index contributed by atoms with van der Waals surface area (Å²) in [6.07, 6.45) is 0. The number of allylic oxidation sites excluding steroid dienone is 5. The van der Waals surface area contributed by atoms with Crippen LogP contribution in [0.15, 0.2) is 92.3 Å². The first-order valence-electron chi connectivity index (χ1n) is 12.3. The van der Waals surface area contributed by atoms with Gasteiger partial charge in [0.25, 0.3) is 0 Å². The predicted molar refractivity (Wildman–Crippen MR) is 160 cm³/mol. The molecule has 0 aliphatic heterocycles. The first-order valence-corrected chi connectivity index (χ1v) is 25.8. The van der Waals surface area contributed by atoms with E-state index in [1.807, 2.05) is 3.28 Å². The van der Waals surface area contributed by atoms with Gasteiger partial charge in [0.1, 0.15) is 0 Å². The second-order valence-electron chi connectivity index (χ2n) is 11.5. The Bertz CT molecular complexity index is 1500. The molecule has 0 heterocycles. The minimum atomic E-state index is -3.42. The third kappa shape index (κ3) is 4.23. The fourth-order valence-corrected chi connectivity index (χ4v) is 28.9. The van der Waals surface area contributed by atoms with Gasteiger partial charge in [0.15, 0.2) is 0 Å². The third-order valence-electron chi connectivity index (χ3n) is 8.86. The van der Waals surface area contributed by atoms with E-state index in [9.17, 15) is 0 Å². The summed E-state index contributed by atoms with van der Waals surface area (Å²) < 4.78 is 7.81. The first kappa shape index (κ1) is 28.4. The van der Waals surface area contributed by atoms with Crippen LogP contribution in [0.1, 0.15) is 54.9 Å². The van der Waals surface area contributed by atoms with Gasteiger partial charge in [-0.25, -0.2) is 0 Å². The van der Waals surface area contributed by atoms with Crippen molar-refractivity contribution in [1.29, 1.82) is 0 Å². The SMILES string of the molecule is CC1=C(C)C(C)[C]([Zr]([CH3])([CH3])(=[SiH2])[CH]2C(C)=C(c3ccc4ccccc4c3)c3ccccc32)=C1C.Cl.Cl. The minimum Gasteiger partial charge on any atom is -0.147 e. The van der Waals surface area contributed by atoms with E-state index in [2.05, 4.69) is 117 Å². The summed E-state index contributed by atoms with van der Waals surface area (Å²) in [4.78, 5) is 0. The van der Waals surface area contributed by atoms with Crippen LogP contribution in [0, 0.1) is 5.92 Å². The molecule has 2 atom stereocenters. The molecule has 4 heteroatoms. The molecule has 0 aromatic heterocycles. The smallest absolute Gasteiger partial charge is 0.147 e. The molecule has 3 aromatic carbocycles. The molecule has 0 N–H and O–H groups in total. The van der Waals surface area contributed by atoms with Gasteiger partial charge < -0.3 is 0 Å². The summed E-state index contributed by atoms with van der Waals surface area (Å²) in [7, 11) is 0. The van der Waals surface area contributed by atoms with Crippen molar-refractivity contribution in [2.45, 2.75) is 47.5 Å². The van der Waals surface area contributed by atoms with Crippen molar-refractivity contribution in [3.63, 3.8) is 0 Å². The molecule has 3 aromatic rings. The van der Waals surface area contributed by atoms with Crippen LogP contribution in [0.25, 0.3) is 16.3 Å². The molecule has 0 spiro atoms. The van der Waals surface area contributed by atoms with Crippen molar-refractivity contribution >= 4 is 48.0 Å². The van der Waals surface area contributed by atoms with E-state index in [1.165, 1.54) is 33.0 Å². The van der Waals surface area contributed by atoms with Crippen molar-refractivity contribution in [2.75, 3.05) is 0 Å². The number of hydrogen-bond donors (Lipinski definition) is 0. The van der Waals surface area contributed by atoms with E-state index in [4.69, 9.17) is 0 Å². The largest absolute Gasteiger partial charge is 0.147 e. The number of fused-ring (bicyclic) bond motifs is 2. The molecule has 0 bridgehead atoms. The Hall–Kier alpha value is -1.18. The fraction of sp³-hybridized carbons (Fsp3) is 0.290. The van der Waals surface area contributed by atoms with E-state index in [1.54, 1.807) is 22.3 Å². The Morgan fingerprint density at radius 3 is 1.94 bits per heavy atom. The number of benzene rings is 3. The molecule has 2 aliphatic rings. The summed E-state index contributed by atoms with van der Waals surface area (Å²) >= 11 is -3.42. The average molecular weight is 601 g/mol. The van der Waals surface area contributed by atoms with Gasteiger partial charge in [0.2, 0.25) is 0 Å². The average Bonchev–Trinajstić information content (AvgIpc) is 3.19. The Balaban J connectivity index is 0.00000171. The van der Waals surface area contributed by atoms with Crippen molar-refractivity contribution < 1.29 is 17.4 Å². The maximum atomic E-state index is 2.72. The number of rotatable bonds is 3. The zero-order valence-corrected chi connectivity index (χ0v) is 27.5. The molecule has 2 unspecified atom stereocenters. The van der Waals surface area contributed by atoms with E-state index in [0.29, 0.717) is 9.54 Å². The Morgan fingerprint density at radius 1 is 0.714 bits per heavy atom. The summed E-state index contributed by atoms with van der Waals surface area (Å²) in [5.41, 5.74) is 12.2. The van der Waals surface area contributed by atoms with Gasteiger partial charge in [-0.3, -0.25) is 0 Å². The molecule has 0 fully saturated rings. The van der Waals surface area contributed by atoms with Crippen LogP contribution in [0.2, 0.25) is 9.26 Å². The molecule has 0 radical (unpaired) electrons. The third-order valence-corrected chi connectivity index (χ3v) is 26.2. The van der Waals surface area contributed by atoms with Crippen LogP contribution in [0.3, 0.4) is 0 Å². The monoisotopic (exact) mass is 598 g/mol. The predicted octanol–water partition coefficient (Wildman–Crippen LogP) is 9.15. The van der Waals surface area contributed by atoms with Gasteiger partial charge >= 0.3 is 203 Å². The molecule has 0 amide bonds. The summed E-state index contributed by atoms with van der Waals surface area (Å²) in [5, 5.41) is 2.64. The van der Waals surface area contributed by atoms with Crippen LogP contribution in [-0.2, 0) is 17.4 Å². The maximum Gasteiger partial charge on any atom is -0.147 e. The Kier molecular flexibility index (Phi) is 7.79. The van der Waals surface area contributed by atoms with E-state index in [0.717, 1.165) is 0 Å². The maximum absolute atomic E-state index is 3.42. The van der Waals surface area contributed by atoms with Gasteiger partial charge in [-0.2, -0.15) is 0 Å². The van der Waals surface area contributed by atoms with Gasteiger partial charge in [-0.15, -0.1) is 24.8 Å².